The minimum Gasteiger partial charge on any atom is -0.497 e. The van der Waals surface area contributed by atoms with Gasteiger partial charge in [0.15, 0.2) is 0 Å². The van der Waals surface area contributed by atoms with E-state index in [0.29, 0.717) is 0 Å². The number of hydrogen-bond acceptors (Lipinski definition) is 3. The van der Waals surface area contributed by atoms with Crippen molar-refractivity contribution in [1.82, 2.24) is 4.98 Å². The van der Waals surface area contributed by atoms with Gasteiger partial charge < -0.3 is 10.5 Å². The summed E-state index contributed by atoms with van der Waals surface area (Å²) in [6, 6.07) is 28.4. The number of pyridine rings is 1. The van der Waals surface area contributed by atoms with Crippen molar-refractivity contribution in [2.45, 2.75) is 18.9 Å². The molecular formula is C28H26N2O. The second-order valence-corrected chi connectivity index (χ2v) is 7.65. The molecule has 0 aliphatic carbocycles. The molecule has 2 unspecified atom stereocenters. The average molecular weight is 407 g/mol. The van der Waals surface area contributed by atoms with Crippen molar-refractivity contribution in [2.24, 2.45) is 11.7 Å². The lowest BCUT2D eigenvalue weighted by molar-refractivity contribution is 0.415. The van der Waals surface area contributed by atoms with Gasteiger partial charge in [-0.1, -0.05) is 66.4 Å². The molecule has 2 atom stereocenters. The predicted molar refractivity (Wildman–Crippen MR) is 127 cm³/mol. The Hall–Kier alpha value is -3.61. The third kappa shape index (κ3) is 5.31. The minimum absolute atomic E-state index is 0.124. The summed E-state index contributed by atoms with van der Waals surface area (Å²) >= 11 is 0. The Kier molecular flexibility index (Phi) is 6.62. The third-order valence-corrected chi connectivity index (χ3v) is 5.44. The van der Waals surface area contributed by atoms with Crippen LogP contribution in [0.4, 0.5) is 0 Å². The molecule has 31 heavy (non-hydrogen) atoms. The number of fused-ring (bicyclic) bond motifs is 1. The summed E-state index contributed by atoms with van der Waals surface area (Å²) < 4.78 is 5.24. The summed E-state index contributed by atoms with van der Waals surface area (Å²) in [5, 5.41) is 1.11. The molecule has 0 aliphatic heterocycles. The maximum absolute atomic E-state index is 6.70. The highest BCUT2D eigenvalue weighted by Gasteiger charge is 2.16. The highest BCUT2D eigenvalue weighted by Crippen LogP contribution is 2.27. The van der Waals surface area contributed by atoms with Crippen LogP contribution in [0.2, 0.25) is 0 Å². The molecule has 0 saturated heterocycles. The van der Waals surface area contributed by atoms with Gasteiger partial charge in [0.1, 0.15) is 5.75 Å². The Balaban J connectivity index is 1.60. The quantitative estimate of drug-likeness (QED) is 0.428. The topological polar surface area (TPSA) is 48.1 Å². The molecule has 1 heterocycles. The van der Waals surface area contributed by atoms with E-state index < -0.39 is 0 Å². The van der Waals surface area contributed by atoms with Crippen molar-refractivity contribution in [3.05, 3.63) is 108 Å². The molecular weight excluding hydrogens is 380 g/mol. The summed E-state index contributed by atoms with van der Waals surface area (Å²) in [6.07, 6.45) is 3.44. The van der Waals surface area contributed by atoms with Gasteiger partial charge in [-0.05, 0) is 54.3 Å². The first-order valence-corrected chi connectivity index (χ1v) is 10.5. The van der Waals surface area contributed by atoms with Crippen molar-refractivity contribution >= 4 is 10.9 Å². The van der Waals surface area contributed by atoms with Gasteiger partial charge in [0.2, 0.25) is 0 Å². The predicted octanol–water partition coefficient (Wildman–Crippen LogP) is 5.54. The highest BCUT2D eigenvalue weighted by molar-refractivity contribution is 5.82. The molecule has 0 fully saturated rings. The first kappa shape index (κ1) is 20.7. The number of benzene rings is 3. The zero-order chi connectivity index (χ0) is 21.5. The van der Waals surface area contributed by atoms with E-state index in [4.69, 9.17) is 10.5 Å². The molecule has 154 valence electrons. The molecule has 0 amide bonds. The standard InChI is InChI=1S/C28H26N2O/c1-31-25-16-14-21(15-17-25)12-13-23(19-22-7-3-2-4-8-22)20-27(29)26-11-5-9-24-10-6-18-30-28(24)26/h2-11,14-18,23,27H,19-20,29H2,1H3. The lowest BCUT2D eigenvalue weighted by Crippen LogP contribution is -2.17. The molecule has 3 heteroatoms. The van der Waals surface area contributed by atoms with Crippen LogP contribution in [0, 0.1) is 17.8 Å². The first-order valence-electron chi connectivity index (χ1n) is 10.5. The zero-order valence-corrected chi connectivity index (χ0v) is 17.7. The Bertz CT molecular complexity index is 1190. The molecule has 0 radical (unpaired) electrons. The minimum atomic E-state index is -0.141. The van der Waals surface area contributed by atoms with Crippen LogP contribution in [0.15, 0.2) is 91.1 Å². The van der Waals surface area contributed by atoms with E-state index in [9.17, 15) is 0 Å². The van der Waals surface area contributed by atoms with Gasteiger partial charge in [0.25, 0.3) is 0 Å². The van der Waals surface area contributed by atoms with Crippen LogP contribution in [-0.2, 0) is 6.42 Å². The number of methoxy groups -OCH3 is 1. The third-order valence-electron chi connectivity index (χ3n) is 5.44. The number of ether oxygens (including phenoxy) is 1. The smallest absolute Gasteiger partial charge is 0.118 e. The van der Waals surface area contributed by atoms with Crippen LogP contribution < -0.4 is 10.5 Å². The zero-order valence-electron chi connectivity index (χ0n) is 17.7. The van der Waals surface area contributed by atoms with Crippen molar-refractivity contribution in [3.8, 4) is 17.6 Å². The largest absolute Gasteiger partial charge is 0.497 e. The van der Waals surface area contributed by atoms with E-state index >= 15 is 0 Å². The van der Waals surface area contributed by atoms with E-state index in [1.165, 1.54) is 5.56 Å². The highest BCUT2D eigenvalue weighted by atomic mass is 16.5. The number of nitrogens with zero attached hydrogens (tertiary/aromatic N) is 1. The molecule has 2 N–H and O–H groups in total. The van der Waals surface area contributed by atoms with E-state index in [2.05, 4.69) is 65.4 Å². The van der Waals surface area contributed by atoms with Crippen LogP contribution in [0.5, 0.6) is 5.75 Å². The van der Waals surface area contributed by atoms with Crippen LogP contribution in [0.3, 0.4) is 0 Å². The molecule has 1 aromatic heterocycles. The summed E-state index contributed by atoms with van der Waals surface area (Å²) in [6.45, 7) is 0. The van der Waals surface area contributed by atoms with Gasteiger partial charge in [-0.25, -0.2) is 0 Å². The lowest BCUT2D eigenvalue weighted by atomic mass is 9.89. The molecule has 4 aromatic rings. The van der Waals surface area contributed by atoms with Crippen molar-refractivity contribution in [3.63, 3.8) is 0 Å². The number of hydrogen-bond donors (Lipinski definition) is 1. The second-order valence-electron chi connectivity index (χ2n) is 7.65. The monoisotopic (exact) mass is 406 g/mol. The van der Waals surface area contributed by atoms with Gasteiger partial charge in [0.05, 0.1) is 12.6 Å². The maximum atomic E-state index is 6.70. The van der Waals surface area contributed by atoms with Gasteiger partial charge >= 0.3 is 0 Å². The van der Waals surface area contributed by atoms with Crippen LogP contribution in [-0.4, -0.2) is 12.1 Å². The molecule has 0 spiro atoms. The van der Waals surface area contributed by atoms with Crippen LogP contribution >= 0.6 is 0 Å². The van der Waals surface area contributed by atoms with Crippen molar-refractivity contribution in [1.29, 1.82) is 0 Å². The van der Waals surface area contributed by atoms with Crippen molar-refractivity contribution < 1.29 is 4.74 Å². The molecule has 3 nitrogen and oxygen atoms in total. The second kappa shape index (κ2) is 9.93. The fraction of sp³-hybridized carbons (Fsp3) is 0.179. The maximum Gasteiger partial charge on any atom is 0.118 e. The Morgan fingerprint density at radius 1 is 0.903 bits per heavy atom. The molecule has 0 saturated carbocycles. The number of nitrogens with two attached hydrogens (primary N) is 1. The molecule has 0 bridgehead atoms. The van der Waals surface area contributed by atoms with E-state index in [1.54, 1.807) is 7.11 Å². The Morgan fingerprint density at radius 3 is 2.45 bits per heavy atom. The van der Waals surface area contributed by atoms with Gasteiger partial charge in [0, 0.05) is 29.1 Å². The lowest BCUT2D eigenvalue weighted by Gasteiger charge is -2.18. The summed E-state index contributed by atoms with van der Waals surface area (Å²) in [4.78, 5) is 4.58. The molecule has 0 aliphatic rings. The van der Waals surface area contributed by atoms with Gasteiger partial charge in [-0.15, -0.1) is 0 Å². The van der Waals surface area contributed by atoms with E-state index in [1.807, 2.05) is 42.6 Å². The van der Waals surface area contributed by atoms with E-state index in [-0.39, 0.29) is 12.0 Å². The fourth-order valence-corrected chi connectivity index (χ4v) is 3.81. The van der Waals surface area contributed by atoms with Crippen molar-refractivity contribution in [2.75, 3.05) is 7.11 Å². The number of para-hydroxylation sites is 1. The summed E-state index contributed by atoms with van der Waals surface area (Å²) in [5.74, 6) is 7.77. The Labute approximate surface area is 183 Å². The number of aromatic nitrogens is 1. The normalized spacial score (nSPS) is 12.6. The van der Waals surface area contributed by atoms with Gasteiger partial charge in [-0.2, -0.15) is 0 Å². The molecule has 4 rings (SSSR count). The average Bonchev–Trinajstić information content (AvgIpc) is 2.83. The SMILES string of the molecule is COc1ccc(C#CC(Cc2ccccc2)CC(N)c2cccc3cccnc23)cc1. The Morgan fingerprint density at radius 2 is 1.68 bits per heavy atom. The number of rotatable bonds is 6. The van der Waals surface area contributed by atoms with Gasteiger partial charge in [-0.3, -0.25) is 4.98 Å². The van der Waals surface area contributed by atoms with Crippen LogP contribution in [0.1, 0.15) is 29.2 Å². The summed E-state index contributed by atoms with van der Waals surface area (Å²) in [5.41, 5.74) is 11.0. The summed E-state index contributed by atoms with van der Waals surface area (Å²) in [7, 11) is 1.67. The first-order chi connectivity index (χ1) is 15.2. The van der Waals surface area contributed by atoms with Crippen LogP contribution in [0.25, 0.3) is 10.9 Å². The molecule has 3 aromatic carbocycles. The fourth-order valence-electron chi connectivity index (χ4n) is 3.81. The van der Waals surface area contributed by atoms with E-state index in [0.717, 1.165) is 40.6 Å².